The van der Waals surface area contributed by atoms with Gasteiger partial charge in [0.15, 0.2) is 5.69 Å². The standard InChI is InChI=1S/C15H17N3O3/c1-11-3-5-12(6-4-11)7-8-13-14(15(20)21)16-17-18(13)9-2-10-19/h3-8,19H,2,9-10H2,1H3,(H,20,21)/b8-7+. The number of nitrogens with zero attached hydrogens (tertiary/aromatic N) is 3. The molecule has 6 nitrogen and oxygen atoms in total. The Morgan fingerprint density at radius 3 is 2.62 bits per heavy atom. The normalized spacial score (nSPS) is 11.1. The van der Waals surface area contributed by atoms with Crippen LogP contribution in [-0.4, -0.2) is 37.8 Å². The van der Waals surface area contributed by atoms with Crippen molar-refractivity contribution in [3.05, 3.63) is 46.8 Å². The van der Waals surface area contributed by atoms with Gasteiger partial charge >= 0.3 is 5.97 Å². The molecule has 0 spiro atoms. The SMILES string of the molecule is Cc1ccc(/C=C/c2c(C(=O)O)nnn2CCCO)cc1. The molecule has 0 saturated heterocycles. The zero-order chi connectivity index (χ0) is 15.2. The van der Waals surface area contributed by atoms with E-state index in [1.165, 1.54) is 4.68 Å². The lowest BCUT2D eigenvalue weighted by molar-refractivity contribution is 0.0690. The highest BCUT2D eigenvalue weighted by Gasteiger charge is 2.16. The maximum Gasteiger partial charge on any atom is 0.358 e. The third-order valence-corrected chi connectivity index (χ3v) is 3.01. The summed E-state index contributed by atoms with van der Waals surface area (Å²) in [6.07, 6.45) is 4.00. The molecule has 0 fully saturated rings. The van der Waals surface area contributed by atoms with Crippen LogP contribution in [0.4, 0.5) is 0 Å². The zero-order valence-corrected chi connectivity index (χ0v) is 11.7. The highest BCUT2D eigenvalue weighted by molar-refractivity contribution is 5.90. The molecule has 0 saturated carbocycles. The van der Waals surface area contributed by atoms with Crippen molar-refractivity contribution in [2.24, 2.45) is 0 Å². The summed E-state index contributed by atoms with van der Waals surface area (Å²) < 4.78 is 1.49. The summed E-state index contributed by atoms with van der Waals surface area (Å²) in [5.74, 6) is -1.12. The van der Waals surface area contributed by atoms with Gasteiger partial charge in [0.2, 0.25) is 0 Å². The average molecular weight is 287 g/mol. The van der Waals surface area contributed by atoms with Crippen LogP contribution in [0.25, 0.3) is 12.2 Å². The van der Waals surface area contributed by atoms with Crippen LogP contribution in [0.5, 0.6) is 0 Å². The molecule has 2 rings (SSSR count). The Morgan fingerprint density at radius 1 is 1.29 bits per heavy atom. The number of aliphatic hydroxyl groups is 1. The summed E-state index contributed by atoms with van der Waals surface area (Å²) in [6, 6.07) is 7.88. The van der Waals surface area contributed by atoms with Crippen LogP contribution in [-0.2, 0) is 6.54 Å². The number of rotatable bonds is 6. The van der Waals surface area contributed by atoms with Crippen molar-refractivity contribution in [1.29, 1.82) is 0 Å². The van der Waals surface area contributed by atoms with Crippen LogP contribution in [0.1, 0.15) is 33.7 Å². The largest absolute Gasteiger partial charge is 0.476 e. The van der Waals surface area contributed by atoms with E-state index in [2.05, 4.69) is 10.3 Å². The van der Waals surface area contributed by atoms with Gasteiger partial charge < -0.3 is 10.2 Å². The summed E-state index contributed by atoms with van der Waals surface area (Å²) in [6.45, 7) is 2.44. The Morgan fingerprint density at radius 2 is 2.00 bits per heavy atom. The molecule has 21 heavy (non-hydrogen) atoms. The molecule has 0 unspecified atom stereocenters. The number of aromatic nitrogens is 3. The summed E-state index contributed by atoms with van der Waals surface area (Å²) in [4.78, 5) is 11.2. The topological polar surface area (TPSA) is 88.2 Å². The number of aryl methyl sites for hydroxylation is 2. The minimum atomic E-state index is -1.12. The summed E-state index contributed by atoms with van der Waals surface area (Å²) >= 11 is 0. The molecule has 0 radical (unpaired) electrons. The van der Waals surface area contributed by atoms with Crippen LogP contribution < -0.4 is 0 Å². The molecule has 0 bridgehead atoms. The molecule has 0 amide bonds. The van der Waals surface area contributed by atoms with Crippen LogP contribution in [0, 0.1) is 6.92 Å². The molecular weight excluding hydrogens is 270 g/mol. The van der Waals surface area contributed by atoms with E-state index in [4.69, 9.17) is 10.2 Å². The smallest absolute Gasteiger partial charge is 0.358 e. The van der Waals surface area contributed by atoms with Gasteiger partial charge in [0.05, 0.1) is 5.69 Å². The Labute approximate surface area is 122 Å². The Balaban J connectivity index is 2.29. The van der Waals surface area contributed by atoms with Crippen LogP contribution >= 0.6 is 0 Å². The van der Waals surface area contributed by atoms with Gasteiger partial charge in [0.1, 0.15) is 0 Å². The molecule has 0 aliphatic rings. The van der Waals surface area contributed by atoms with Gasteiger partial charge in [-0.05, 0) is 25.0 Å². The van der Waals surface area contributed by atoms with Crippen LogP contribution in [0.2, 0.25) is 0 Å². The van der Waals surface area contributed by atoms with Gasteiger partial charge in [-0.2, -0.15) is 0 Å². The predicted octanol–water partition coefficient (Wildman–Crippen LogP) is 1.84. The van der Waals surface area contributed by atoms with Gasteiger partial charge in [0, 0.05) is 13.2 Å². The molecule has 2 N–H and O–H groups in total. The van der Waals surface area contributed by atoms with E-state index in [0.29, 0.717) is 18.7 Å². The van der Waals surface area contributed by atoms with E-state index in [-0.39, 0.29) is 12.3 Å². The van der Waals surface area contributed by atoms with E-state index in [9.17, 15) is 4.79 Å². The fourth-order valence-corrected chi connectivity index (χ4v) is 1.88. The molecule has 110 valence electrons. The highest BCUT2D eigenvalue weighted by atomic mass is 16.4. The molecule has 2 aromatic rings. The molecule has 1 heterocycles. The number of aromatic carboxylic acids is 1. The van der Waals surface area contributed by atoms with Crippen molar-refractivity contribution in [3.8, 4) is 0 Å². The first-order chi connectivity index (χ1) is 10.1. The second-order valence-corrected chi connectivity index (χ2v) is 4.67. The second-order valence-electron chi connectivity index (χ2n) is 4.67. The van der Waals surface area contributed by atoms with Gasteiger partial charge in [0.25, 0.3) is 0 Å². The number of aliphatic hydroxyl groups excluding tert-OH is 1. The number of hydrogen-bond acceptors (Lipinski definition) is 4. The van der Waals surface area contributed by atoms with E-state index in [1.807, 2.05) is 37.3 Å². The van der Waals surface area contributed by atoms with Crippen molar-refractivity contribution in [3.63, 3.8) is 0 Å². The lowest BCUT2D eigenvalue weighted by atomic mass is 10.1. The second kappa shape index (κ2) is 6.81. The fraction of sp³-hybridized carbons (Fsp3) is 0.267. The van der Waals surface area contributed by atoms with E-state index >= 15 is 0 Å². The predicted molar refractivity (Wildman–Crippen MR) is 78.8 cm³/mol. The fourth-order valence-electron chi connectivity index (χ4n) is 1.88. The summed E-state index contributed by atoms with van der Waals surface area (Å²) in [7, 11) is 0. The first-order valence-corrected chi connectivity index (χ1v) is 6.64. The van der Waals surface area contributed by atoms with Gasteiger partial charge in [-0.15, -0.1) is 5.10 Å². The Kier molecular flexibility index (Phi) is 4.84. The van der Waals surface area contributed by atoms with Crippen LogP contribution in [0.3, 0.4) is 0 Å². The zero-order valence-electron chi connectivity index (χ0n) is 11.7. The number of carboxylic acid groups (broad SMARTS) is 1. The Bertz CT molecular complexity index is 645. The highest BCUT2D eigenvalue weighted by Crippen LogP contribution is 2.13. The number of benzene rings is 1. The lowest BCUT2D eigenvalue weighted by Gasteiger charge is -2.02. The van der Waals surface area contributed by atoms with Crippen molar-refractivity contribution in [1.82, 2.24) is 15.0 Å². The third kappa shape index (κ3) is 3.76. The minimum absolute atomic E-state index is 0.0172. The van der Waals surface area contributed by atoms with Crippen molar-refractivity contribution < 1.29 is 15.0 Å². The first-order valence-electron chi connectivity index (χ1n) is 6.64. The molecule has 1 aromatic heterocycles. The van der Waals surface area contributed by atoms with Crippen molar-refractivity contribution in [2.45, 2.75) is 19.9 Å². The molecule has 6 heteroatoms. The number of carbonyl (C=O) groups is 1. The van der Waals surface area contributed by atoms with E-state index in [0.717, 1.165) is 11.1 Å². The van der Waals surface area contributed by atoms with Crippen molar-refractivity contribution >= 4 is 18.1 Å². The van der Waals surface area contributed by atoms with Gasteiger partial charge in [-0.25, -0.2) is 9.48 Å². The monoisotopic (exact) mass is 287 g/mol. The number of hydrogen-bond donors (Lipinski definition) is 2. The molecular formula is C15H17N3O3. The minimum Gasteiger partial charge on any atom is -0.476 e. The molecule has 1 aromatic carbocycles. The quantitative estimate of drug-likeness (QED) is 0.846. The molecule has 0 atom stereocenters. The summed E-state index contributed by atoms with van der Waals surface area (Å²) in [5, 5.41) is 25.5. The average Bonchev–Trinajstić information content (AvgIpc) is 2.87. The molecule has 0 aliphatic carbocycles. The maximum absolute atomic E-state index is 11.2. The summed E-state index contributed by atoms with van der Waals surface area (Å²) in [5.41, 5.74) is 2.47. The lowest BCUT2D eigenvalue weighted by Crippen LogP contribution is -2.06. The molecule has 0 aliphatic heterocycles. The maximum atomic E-state index is 11.2. The van der Waals surface area contributed by atoms with Crippen LogP contribution in [0.15, 0.2) is 24.3 Å². The van der Waals surface area contributed by atoms with Gasteiger partial charge in [-0.1, -0.05) is 41.1 Å². The van der Waals surface area contributed by atoms with E-state index < -0.39 is 5.97 Å². The Hall–Kier alpha value is -2.47. The third-order valence-electron chi connectivity index (χ3n) is 3.01. The first kappa shape index (κ1) is 14.9. The number of carboxylic acids is 1. The van der Waals surface area contributed by atoms with Crippen molar-refractivity contribution in [2.75, 3.05) is 6.61 Å². The van der Waals surface area contributed by atoms with E-state index in [1.54, 1.807) is 6.08 Å². The van der Waals surface area contributed by atoms with Gasteiger partial charge in [-0.3, -0.25) is 0 Å².